The van der Waals surface area contributed by atoms with Gasteiger partial charge in [0.1, 0.15) is 6.61 Å². The molecule has 0 aliphatic heterocycles. The van der Waals surface area contributed by atoms with Crippen LogP contribution in [0.5, 0.6) is 17.2 Å². The van der Waals surface area contributed by atoms with Crippen molar-refractivity contribution in [2.75, 3.05) is 33.9 Å². The van der Waals surface area contributed by atoms with Crippen LogP contribution in [0.4, 0.5) is 0 Å². The lowest BCUT2D eigenvalue weighted by atomic mass is 9.70. The van der Waals surface area contributed by atoms with Crippen LogP contribution >= 0.6 is 12.4 Å². The number of nitrogens with one attached hydrogen (secondary N) is 1. The van der Waals surface area contributed by atoms with Crippen LogP contribution < -0.4 is 25.2 Å². The lowest BCUT2D eigenvalue weighted by molar-refractivity contribution is 0.306. The van der Waals surface area contributed by atoms with Gasteiger partial charge < -0.3 is 28.4 Å². The van der Waals surface area contributed by atoms with E-state index in [0.29, 0.717) is 54.5 Å². The molecular weight excluding hydrogens is 508 g/mol. The second-order valence-electron chi connectivity index (χ2n) is 9.23. The molecule has 0 saturated heterocycles. The van der Waals surface area contributed by atoms with Crippen LogP contribution in [0.1, 0.15) is 32.3 Å². The van der Waals surface area contributed by atoms with Gasteiger partial charge in [-0.25, -0.2) is 4.79 Å². The molecule has 38 heavy (non-hydrogen) atoms. The van der Waals surface area contributed by atoms with Crippen LogP contribution in [0.25, 0.3) is 21.9 Å². The van der Waals surface area contributed by atoms with Gasteiger partial charge in [0.05, 0.1) is 32.0 Å². The fourth-order valence-electron chi connectivity index (χ4n) is 4.71. The molecule has 9 heteroatoms. The summed E-state index contributed by atoms with van der Waals surface area (Å²) in [4.78, 5) is 11.8. The number of ether oxygens (including phenoxy) is 3. The Labute approximate surface area is 227 Å². The SMILES string of the molecule is COc1ccc(C(C#N)(CCCNCCOc2c3occc3cc3ccc(=O)oc23)C(C)C)cc1OC.Cl. The highest BCUT2D eigenvalue weighted by Gasteiger charge is 2.36. The molecule has 1 N–H and O–H groups in total. The molecule has 1 unspecified atom stereocenters. The molecule has 0 aliphatic rings. The smallest absolute Gasteiger partial charge is 0.336 e. The van der Waals surface area contributed by atoms with Crippen molar-refractivity contribution in [2.24, 2.45) is 5.92 Å². The molecule has 8 nitrogen and oxygen atoms in total. The first-order valence-electron chi connectivity index (χ1n) is 12.3. The number of fused-ring (bicyclic) bond motifs is 2. The summed E-state index contributed by atoms with van der Waals surface area (Å²) in [7, 11) is 3.19. The first kappa shape index (κ1) is 28.9. The molecule has 4 rings (SSSR count). The van der Waals surface area contributed by atoms with Gasteiger partial charge in [0.2, 0.25) is 5.75 Å². The molecule has 1 atom stereocenters. The van der Waals surface area contributed by atoms with Gasteiger partial charge in [-0.1, -0.05) is 19.9 Å². The largest absolute Gasteiger partial charge is 0.493 e. The average Bonchev–Trinajstić information content (AvgIpc) is 3.38. The number of furan rings is 1. The summed E-state index contributed by atoms with van der Waals surface area (Å²) in [6.45, 7) is 5.79. The third-order valence-electron chi connectivity index (χ3n) is 6.82. The minimum Gasteiger partial charge on any atom is -0.493 e. The summed E-state index contributed by atoms with van der Waals surface area (Å²) in [5.41, 5.74) is 0.754. The minimum absolute atomic E-state index is 0. The van der Waals surface area contributed by atoms with Gasteiger partial charge in [-0.15, -0.1) is 12.4 Å². The van der Waals surface area contributed by atoms with E-state index >= 15 is 0 Å². The Balaban J connectivity index is 0.00000400. The van der Waals surface area contributed by atoms with Crippen molar-refractivity contribution < 1.29 is 23.0 Å². The summed E-state index contributed by atoms with van der Waals surface area (Å²) < 4.78 is 27.8. The van der Waals surface area contributed by atoms with Crippen LogP contribution in [-0.2, 0) is 5.41 Å². The fraction of sp³-hybridized carbons (Fsp3) is 0.379. The van der Waals surface area contributed by atoms with E-state index < -0.39 is 11.0 Å². The maximum atomic E-state index is 11.8. The van der Waals surface area contributed by atoms with Crippen LogP contribution in [-0.4, -0.2) is 33.9 Å². The lowest BCUT2D eigenvalue weighted by Crippen LogP contribution is -2.32. The molecule has 0 amide bonds. The van der Waals surface area contributed by atoms with Crippen LogP contribution in [0, 0.1) is 17.2 Å². The van der Waals surface area contributed by atoms with Crippen molar-refractivity contribution in [3.05, 3.63) is 64.7 Å². The van der Waals surface area contributed by atoms with Crippen molar-refractivity contribution >= 4 is 34.3 Å². The van der Waals surface area contributed by atoms with Gasteiger partial charge in [-0.2, -0.15) is 5.26 Å². The van der Waals surface area contributed by atoms with Gasteiger partial charge >= 0.3 is 5.63 Å². The van der Waals surface area contributed by atoms with Crippen LogP contribution in [0.15, 0.2) is 62.4 Å². The van der Waals surface area contributed by atoms with E-state index in [0.717, 1.165) is 22.8 Å². The molecule has 0 radical (unpaired) electrons. The number of hydrogen-bond donors (Lipinski definition) is 1. The normalized spacial score (nSPS) is 12.6. The lowest BCUT2D eigenvalue weighted by Gasteiger charge is -2.32. The quantitative estimate of drug-likeness (QED) is 0.176. The minimum atomic E-state index is -0.650. The zero-order chi connectivity index (χ0) is 26.4. The number of rotatable bonds is 12. The highest BCUT2D eigenvalue weighted by Crippen LogP contribution is 2.40. The van der Waals surface area contributed by atoms with E-state index in [9.17, 15) is 10.1 Å². The van der Waals surface area contributed by atoms with Crippen LogP contribution in [0.2, 0.25) is 0 Å². The van der Waals surface area contributed by atoms with Crippen LogP contribution in [0.3, 0.4) is 0 Å². The van der Waals surface area contributed by atoms with E-state index in [-0.39, 0.29) is 18.3 Å². The van der Waals surface area contributed by atoms with Gasteiger partial charge in [-0.05, 0) is 61.2 Å². The van der Waals surface area contributed by atoms with Crippen molar-refractivity contribution in [1.29, 1.82) is 5.26 Å². The van der Waals surface area contributed by atoms with Crippen molar-refractivity contribution in [2.45, 2.75) is 32.1 Å². The maximum Gasteiger partial charge on any atom is 0.336 e. The van der Waals surface area contributed by atoms with Gasteiger partial charge in [-0.3, -0.25) is 0 Å². The van der Waals surface area contributed by atoms with E-state index in [1.807, 2.05) is 30.3 Å². The Kier molecular flexibility index (Phi) is 9.67. The predicted octanol–water partition coefficient (Wildman–Crippen LogP) is 5.84. The highest BCUT2D eigenvalue weighted by molar-refractivity contribution is 5.99. The van der Waals surface area contributed by atoms with E-state index in [1.54, 1.807) is 26.5 Å². The number of nitriles is 1. The highest BCUT2D eigenvalue weighted by atomic mass is 35.5. The zero-order valence-electron chi connectivity index (χ0n) is 22.0. The number of benzene rings is 2. The Hall–Kier alpha value is -3.67. The molecule has 2 aromatic carbocycles. The molecule has 0 saturated carbocycles. The Bertz CT molecular complexity index is 1470. The maximum absolute atomic E-state index is 11.8. The average molecular weight is 541 g/mol. The van der Waals surface area contributed by atoms with E-state index in [4.69, 9.17) is 23.0 Å². The standard InChI is InChI=1S/C29H32N2O6.ClH/c1-19(2)29(18-30,22-7-8-23(33-3)24(17-22)34-4)11-5-12-31-13-15-36-28-26-21(10-14-35-26)16-20-6-9-25(32)37-27(20)28;/h6-10,14,16-17,19,31H,5,11-13,15H2,1-4H3;1H. The zero-order valence-corrected chi connectivity index (χ0v) is 22.9. The van der Waals surface area contributed by atoms with Gasteiger partial charge in [0.15, 0.2) is 22.7 Å². The summed E-state index contributed by atoms with van der Waals surface area (Å²) in [5.74, 6) is 1.79. The number of methoxy groups -OCH3 is 2. The van der Waals surface area contributed by atoms with Gasteiger partial charge in [0.25, 0.3) is 0 Å². The first-order valence-corrected chi connectivity index (χ1v) is 12.3. The predicted molar refractivity (Wildman–Crippen MR) is 149 cm³/mol. The molecule has 4 aromatic rings. The van der Waals surface area contributed by atoms with Gasteiger partial charge in [0, 0.05) is 23.4 Å². The fourth-order valence-corrected chi connectivity index (χ4v) is 4.71. The van der Waals surface area contributed by atoms with Crippen molar-refractivity contribution in [1.82, 2.24) is 5.32 Å². The molecule has 2 heterocycles. The Morgan fingerprint density at radius 3 is 2.47 bits per heavy atom. The summed E-state index contributed by atoms with van der Waals surface area (Å²) >= 11 is 0. The molecule has 0 bridgehead atoms. The monoisotopic (exact) mass is 540 g/mol. The van der Waals surface area contributed by atoms with Crippen molar-refractivity contribution in [3.8, 4) is 23.3 Å². The molecule has 0 fully saturated rings. The third-order valence-corrected chi connectivity index (χ3v) is 6.82. The Morgan fingerprint density at radius 1 is 1.00 bits per heavy atom. The molecular formula is C29H33ClN2O6. The Morgan fingerprint density at radius 2 is 1.76 bits per heavy atom. The summed E-state index contributed by atoms with van der Waals surface area (Å²) in [6.07, 6.45) is 3.07. The number of nitrogens with zero attached hydrogens (tertiary/aromatic N) is 1. The first-order chi connectivity index (χ1) is 17.9. The summed E-state index contributed by atoms with van der Waals surface area (Å²) in [6, 6.07) is 15.1. The topological polar surface area (TPSA) is 107 Å². The van der Waals surface area contributed by atoms with E-state index in [2.05, 4.69) is 25.2 Å². The number of halogens is 1. The second-order valence-corrected chi connectivity index (χ2v) is 9.23. The van der Waals surface area contributed by atoms with E-state index in [1.165, 1.54) is 6.07 Å². The van der Waals surface area contributed by atoms with Crippen molar-refractivity contribution in [3.63, 3.8) is 0 Å². The molecule has 0 spiro atoms. The molecule has 202 valence electrons. The second kappa shape index (κ2) is 12.7. The third kappa shape index (κ3) is 5.74. The molecule has 2 aromatic heterocycles. The molecule has 0 aliphatic carbocycles. The number of hydrogen-bond acceptors (Lipinski definition) is 8. The summed E-state index contributed by atoms with van der Waals surface area (Å²) in [5, 5.41) is 15.3.